The minimum absolute atomic E-state index is 0.262. The first-order chi connectivity index (χ1) is 13.2. The molecule has 0 bridgehead atoms. The highest BCUT2D eigenvalue weighted by Crippen LogP contribution is 2.29. The average molecular weight is 371 g/mol. The lowest BCUT2D eigenvalue weighted by atomic mass is 9.94. The molecule has 1 aromatic carbocycles. The van der Waals surface area contributed by atoms with Crippen molar-refractivity contribution in [2.24, 2.45) is 5.92 Å². The van der Waals surface area contributed by atoms with Crippen LogP contribution in [0.15, 0.2) is 24.3 Å². The minimum Gasteiger partial charge on any atom is -0.376 e. The molecule has 2 fully saturated rings. The van der Waals surface area contributed by atoms with Crippen LogP contribution in [-0.4, -0.2) is 60.6 Å². The molecule has 1 unspecified atom stereocenters. The van der Waals surface area contributed by atoms with E-state index < -0.39 is 0 Å². The molecule has 27 heavy (non-hydrogen) atoms. The van der Waals surface area contributed by atoms with Gasteiger partial charge in [-0.05, 0) is 68.7 Å². The predicted octanol–water partition coefficient (Wildman–Crippen LogP) is 3.28. The van der Waals surface area contributed by atoms with E-state index in [0.29, 0.717) is 24.3 Å². The normalized spacial score (nSPS) is 24.3. The molecular formula is C23H34N2O2. The summed E-state index contributed by atoms with van der Waals surface area (Å²) < 4.78 is 5.78. The van der Waals surface area contributed by atoms with Crippen molar-refractivity contribution in [2.45, 2.75) is 64.0 Å². The largest absolute Gasteiger partial charge is 0.376 e. The average Bonchev–Trinajstić information content (AvgIpc) is 3.37. The zero-order valence-corrected chi connectivity index (χ0v) is 16.7. The molecule has 1 aliphatic carbocycles. The highest BCUT2D eigenvalue weighted by molar-refractivity contribution is 5.75. The van der Waals surface area contributed by atoms with Crippen LogP contribution in [0.25, 0.3) is 0 Å². The Morgan fingerprint density at radius 2 is 1.81 bits per heavy atom. The van der Waals surface area contributed by atoms with Crippen LogP contribution >= 0.6 is 0 Å². The third-order valence-electron chi connectivity index (χ3n) is 6.78. The van der Waals surface area contributed by atoms with Gasteiger partial charge >= 0.3 is 0 Å². The van der Waals surface area contributed by atoms with Crippen LogP contribution in [0.4, 0.5) is 0 Å². The Hall–Kier alpha value is -1.39. The van der Waals surface area contributed by atoms with Crippen LogP contribution in [0.5, 0.6) is 0 Å². The molecule has 148 valence electrons. The molecule has 1 aromatic rings. The van der Waals surface area contributed by atoms with E-state index in [-0.39, 0.29) is 6.10 Å². The number of piperidine rings is 1. The smallest absolute Gasteiger partial charge is 0.222 e. The number of ether oxygens (including phenoxy) is 1. The molecule has 1 amide bonds. The molecule has 0 aromatic heterocycles. The summed E-state index contributed by atoms with van der Waals surface area (Å²) in [7, 11) is 0. The summed E-state index contributed by atoms with van der Waals surface area (Å²) in [6.45, 7) is 6.91. The third kappa shape index (κ3) is 4.55. The van der Waals surface area contributed by atoms with Crippen LogP contribution in [-0.2, 0) is 22.4 Å². The van der Waals surface area contributed by atoms with Crippen molar-refractivity contribution in [3.63, 3.8) is 0 Å². The van der Waals surface area contributed by atoms with Crippen molar-refractivity contribution >= 4 is 5.91 Å². The Balaban J connectivity index is 1.27. The van der Waals surface area contributed by atoms with Crippen molar-refractivity contribution < 1.29 is 9.53 Å². The first kappa shape index (κ1) is 18.9. The van der Waals surface area contributed by atoms with Crippen LogP contribution in [0.3, 0.4) is 0 Å². The molecule has 2 saturated heterocycles. The minimum atomic E-state index is 0.262. The van der Waals surface area contributed by atoms with Gasteiger partial charge in [-0.2, -0.15) is 0 Å². The Labute approximate surface area is 163 Å². The van der Waals surface area contributed by atoms with Crippen molar-refractivity contribution in [1.82, 2.24) is 9.80 Å². The van der Waals surface area contributed by atoms with Crippen LogP contribution in [0.1, 0.15) is 50.2 Å². The van der Waals surface area contributed by atoms with Gasteiger partial charge in [0.2, 0.25) is 5.91 Å². The quantitative estimate of drug-likeness (QED) is 0.770. The number of hydrogen-bond donors (Lipinski definition) is 0. The van der Waals surface area contributed by atoms with Gasteiger partial charge < -0.3 is 9.64 Å². The van der Waals surface area contributed by atoms with Crippen LogP contribution < -0.4 is 0 Å². The molecule has 2 heterocycles. The maximum atomic E-state index is 12.4. The van der Waals surface area contributed by atoms with Gasteiger partial charge in [0.1, 0.15) is 0 Å². The molecule has 1 atom stereocenters. The SMILES string of the molecule is CCC(=O)N(CC1CCN(C2Cc3ccccc3C2)CC1)CC1CCCO1. The van der Waals surface area contributed by atoms with E-state index in [4.69, 9.17) is 4.74 Å². The van der Waals surface area contributed by atoms with Crippen LogP contribution in [0.2, 0.25) is 0 Å². The fraction of sp³-hybridized carbons (Fsp3) is 0.696. The Bertz CT molecular complexity index is 608. The van der Waals surface area contributed by atoms with E-state index >= 15 is 0 Å². The zero-order valence-electron chi connectivity index (χ0n) is 16.7. The summed E-state index contributed by atoms with van der Waals surface area (Å²) in [4.78, 5) is 17.2. The number of hydrogen-bond acceptors (Lipinski definition) is 3. The molecule has 0 radical (unpaired) electrons. The molecule has 4 heteroatoms. The van der Waals surface area contributed by atoms with Gasteiger partial charge in [0, 0.05) is 32.2 Å². The third-order valence-corrected chi connectivity index (χ3v) is 6.78. The summed E-state index contributed by atoms with van der Waals surface area (Å²) in [5, 5.41) is 0. The Morgan fingerprint density at radius 1 is 1.11 bits per heavy atom. The van der Waals surface area contributed by atoms with Crippen molar-refractivity contribution in [3.8, 4) is 0 Å². The van der Waals surface area contributed by atoms with Gasteiger partial charge in [0.05, 0.1) is 6.10 Å². The maximum absolute atomic E-state index is 12.4. The Kier molecular flexibility index (Phi) is 6.14. The second kappa shape index (κ2) is 8.74. The summed E-state index contributed by atoms with van der Waals surface area (Å²) in [5.74, 6) is 0.932. The fourth-order valence-corrected chi connectivity index (χ4v) is 5.14. The zero-order chi connectivity index (χ0) is 18.6. The first-order valence-corrected chi connectivity index (χ1v) is 10.9. The van der Waals surface area contributed by atoms with Gasteiger partial charge in [0.15, 0.2) is 0 Å². The lowest BCUT2D eigenvalue weighted by molar-refractivity contribution is -0.133. The number of amides is 1. The van der Waals surface area contributed by atoms with Gasteiger partial charge in [-0.25, -0.2) is 0 Å². The summed E-state index contributed by atoms with van der Waals surface area (Å²) in [6.07, 6.45) is 7.96. The molecule has 4 nitrogen and oxygen atoms in total. The van der Waals surface area contributed by atoms with E-state index in [1.165, 1.54) is 38.8 Å². The van der Waals surface area contributed by atoms with Crippen molar-refractivity contribution in [1.29, 1.82) is 0 Å². The summed E-state index contributed by atoms with van der Waals surface area (Å²) >= 11 is 0. The van der Waals surface area contributed by atoms with Gasteiger partial charge in [-0.3, -0.25) is 9.69 Å². The lowest BCUT2D eigenvalue weighted by Crippen LogP contribution is -2.46. The van der Waals surface area contributed by atoms with Gasteiger partial charge in [0.25, 0.3) is 0 Å². The number of carbonyl (C=O) groups excluding carboxylic acids is 1. The molecule has 0 saturated carbocycles. The van der Waals surface area contributed by atoms with Crippen molar-refractivity contribution in [2.75, 3.05) is 32.8 Å². The molecular weight excluding hydrogens is 336 g/mol. The highest BCUT2D eigenvalue weighted by Gasteiger charge is 2.31. The number of carbonyl (C=O) groups is 1. The molecule has 3 aliphatic rings. The number of likely N-dealkylation sites (tertiary alicyclic amines) is 1. The van der Waals surface area contributed by atoms with Crippen LogP contribution in [0, 0.1) is 5.92 Å². The monoisotopic (exact) mass is 370 g/mol. The number of fused-ring (bicyclic) bond motifs is 1. The predicted molar refractivity (Wildman–Crippen MR) is 108 cm³/mol. The number of rotatable bonds is 6. The summed E-state index contributed by atoms with van der Waals surface area (Å²) in [5.41, 5.74) is 3.09. The highest BCUT2D eigenvalue weighted by atomic mass is 16.5. The molecule has 2 aliphatic heterocycles. The molecule has 0 N–H and O–H groups in total. The van der Waals surface area contributed by atoms with E-state index in [2.05, 4.69) is 34.1 Å². The first-order valence-electron chi connectivity index (χ1n) is 10.9. The second-order valence-corrected chi connectivity index (χ2v) is 8.60. The van der Waals surface area contributed by atoms with E-state index in [0.717, 1.165) is 32.5 Å². The fourth-order valence-electron chi connectivity index (χ4n) is 5.14. The lowest BCUT2D eigenvalue weighted by Gasteiger charge is -2.38. The maximum Gasteiger partial charge on any atom is 0.222 e. The van der Waals surface area contributed by atoms with E-state index in [1.54, 1.807) is 11.1 Å². The Morgan fingerprint density at radius 3 is 2.41 bits per heavy atom. The topological polar surface area (TPSA) is 32.8 Å². The number of benzene rings is 1. The van der Waals surface area contributed by atoms with Gasteiger partial charge in [-0.1, -0.05) is 31.2 Å². The standard InChI is InChI=1S/C23H34N2O2/c1-2-23(26)25(17-22-8-5-13-27-22)16-18-9-11-24(12-10-18)21-14-19-6-3-4-7-20(19)15-21/h3-4,6-7,18,21-22H,2,5,8-17H2,1H3. The van der Waals surface area contributed by atoms with E-state index in [9.17, 15) is 4.79 Å². The second-order valence-electron chi connectivity index (χ2n) is 8.60. The van der Waals surface area contributed by atoms with Gasteiger partial charge in [-0.15, -0.1) is 0 Å². The summed E-state index contributed by atoms with van der Waals surface area (Å²) in [6, 6.07) is 9.61. The number of nitrogens with zero attached hydrogens (tertiary/aromatic N) is 2. The molecule has 4 rings (SSSR count). The van der Waals surface area contributed by atoms with E-state index in [1.807, 2.05) is 6.92 Å². The molecule has 0 spiro atoms. The van der Waals surface area contributed by atoms with Crippen molar-refractivity contribution in [3.05, 3.63) is 35.4 Å².